The Labute approximate surface area is 216 Å². The van der Waals surface area contributed by atoms with Gasteiger partial charge in [-0.05, 0) is 92.6 Å². The SMILES string of the molecule is N#C/C(=C\c1ccc(OS(=O)(=O)c2ccc([N+](=O)[O-])cc2)c(Br)c1)C(=O)Nc1cccc(I)c1. The number of hydrogen-bond donors (Lipinski definition) is 1. The number of benzene rings is 3. The minimum absolute atomic E-state index is 0.0441. The molecule has 172 valence electrons. The second kappa shape index (κ2) is 10.8. The molecule has 0 atom stereocenters. The number of halogens is 2. The Balaban J connectivity index is 1.79. The smallest absolute Gasteiger partial charge is 0.339 e. The number of anilines is 1. The van der Waals surface area contributed by atoms with E-state index in [0.29, 0.717) is 11.3 Å². The topological polar surface area (TPSA) is 139 Å². The fourth-order valence-corrected chi connectivity index (χ4v) is 4.73. The van der Waals surface area contributed by atoms with Crippen molar-refractivity contribution >= 4 is 72.0 Å². The Morgan fingerprint density at radius 3 is 2.44 bits per heavy atom. The van der Waals surface area contributed by atoms with Gasteiger partial charge in [0.05, 0.1) is 9.40 Å². The van der Waals surface area contributed by atoms with Crippen LogP contribution in [0.3, 0.4) is 0 Å². The summed E-state index contributed by atoms with van der Waals surface area (Å²) in [5.41, 5.74) is 0.578. The third kappa shape index (κ3) is 6.40. The highest BCUT2D eigenvalue weighted by atomic mass is 127. The second-order valence-electron chi connectivity index (χ2n) is 6.61. The molecular formula is C22H13BrIN3O6S. The van der Waals surface area contributed by atoms with Gasteiger partial charge >= 0.3 is 10.1 Å². The summed E-state index contributed by atoms with van der Waals surface area (Å²) in [5, 5.41) is 22.8. The number of nitrogens with zero attached hydrogens (tertiary/aromatic N) is 2. The first kappa shape index (κ1) is 25.3. The summed E-state index contributed by atoms with van der Waals surface area (Å²) in [4.78, 5) is 22.3. The van der Waals surface area contributed by atoms with Gasteiger partial charge in [-0.15, -0.1) is 0 Å². The van der Waals surface area contributed by atoms with Crippen LogP contribution in [0, 0.1) is 25.0 Å². The molecule has 0 radical (unpaired) electrons. The molecule has 0 saturated carbocycles. The van der Waals surface area contributed by atoms with Gasteiger partial charge in [-0.3, -0.25) is 14.9 Å². The van der Waals surface area contributed by atoms with E-state index in [2.05, 4.69) is 43.8 Å². The fraction of sp³-hybridized carbons (Fsp3) is 0. The third-order valence-corrected chi connectivity index (χ3v) is 6.79. The van der Waals surface area contributed by atoms with Crippen molar-refractivity contribution in [1.29, 1.82) is 5.26 Å². The van der Waals surface area contributed by atoms with Crippen LogP contribution in [-0.4, -0.2) is 19.2 Å². The molecule has 0 heterocycles. The zero-order chi connectivity index (χ0) is 24.9. The largest absolute Gasteiger partial charge is 0.378 e. The normalized spacial score (nSPS) is 11.4. The number of non-ortho nitro benzene ring substituents is 1. The number of nitrogens with one attached hydrogen (secondary N) is 1. The van der Waals surface area contributed by atoms with Gasteiger partial charge in [0.15, 0.2) is 5.75 Å². The van der Waals surface area contributed by atoms with Gasteiger partial charge in [-0.25, -0.2) is 0 Å². The number of amides is 1. The molecule has 1 amide bonds. The average molecular weight is 654 g/mol. The number of nitro groups is 1. The van der Waals surface area contributed by atoms with Gasteiger partial charge in [0.25, 0.3) is 11.6 Å². The fourth-order valence-electron chi connectivity index (χ4n) is 2.66. The minimum Gasteiger partial charge on any atom is -0.378 e. The first-order chi connectivity index (χ1) is 16.1. The van der Waals surface area contributed by atoms with Crippen molar-refractivity contribution in [2.45, 2.75) is 4.90 Å². The molecule has 34 heavy (non-hydrogen) atoms. The Bertz CT molecular complexity index is 1450. The molecule has 0 aliphatic heterocycles. The molecule has 12 heteroatoms. The number of hydrogen-bond acceptors (Lipinski definition) is 7. The molecule has 3 rings (SSSR count). The van der Waals surface area contributed by atoms with Crippen LogP contribution in [0.15, 0.2) is 81.7 Å². The number of carbonyl (C=O) groups is 1. The summed E-state index contributed by atoms with van der Waals surface area (Å²) in [5.74, 6) is -0.640. The highest BCUT2D eigenvalue weighted by molar-refractivity contribution is 14.1. The first-order valence-corrected chi connectivity index (χ1v) is 12.5. The predicted molar refractivity (Wildman–Crippen MR) is 136 cm³/mol. The van der Waals surface area contributed by atoms with Gasteiger partial charge in [-0.1, -0.05) is 12.1 Å². The molecule has 0 unspecified atom stereocenters. The zero-order valence-corrected chi connectivity index (χ0v) is 21.5. The minimum atomic E-state index is -4.26. The van der Waals surface area contributed by atoms with Gasteiger partial charge in [-0.2, -0.15) is 13.7 Å². The maximum Gasteiger partial charge on any atom is 0.339 e. The quantitative estimate of drug-likeness (QED) is 0.0914. The van der Waals surface area contributed by atoms with Crippen molar-refractivity contribution in [3.05, 3.63) is 96.0 Å². The van der Waals surface area contributed by atoms with E-state index < -0.39 is 20.9 Å². The van der Waals surface area contributed by atoms with Crippen molar-refractivity contribution in [3.63, 3.8) is 0 Å². The summed E-state index contributed by atoms with van der Waals surface area (Å²) >= 11 is 5.32. The molecule has 0 saturated heterocycles. The van der Waals surface area contributed by atoms with Crippen molar-refractivity contribution in [2.24, 2.45) is 0 Å². The van der Waals surface area contributed by atoms with E-state index in [1.807, 2.05) is 12.1 Å². The highest BCUT2D eigenvalue weighted by Crippen LogP contribution is 2.30. The zero-order valence-electron chi connectivity index (χ0n) is 16.9. The lowest BCUT2D eigenvalue weighted by atomic mass is 10.1. The van der Waals surface area contributed by atoms with Crippen molar-refractivity contribution < 1.29 is 22.3 Å². The summed E-state index contributed by atoms with van der Waals surface area (Å²) in [6.07, 6.45) is 1.35. The Morgan fingerprint density at radius 2 is 1.85 bits per heavy atom. The van der Waals surface area contributed by atoms with Crippen LogP contribution in [0.2, 0.25) is 0 Å². The number of carbonyl (C=O) groups excluding carboxylic acids is 1. The molecule has 0 fully saturated rings. The van der Waals surface area contributed by atoms with Gasteiger partial charge in [0.2, 0.25) is 0 Å². The van der Waals surface area contributed by atoms with Crippen LogP contribution in [0.5, 0.6) is 5.75 Å². The number of nitro benzene ring substituents is 1. The van der Waals surface area contributed by atoms with E-state index in [1.54, 1.807) is 18.2 Å². The van der Waals surface area contributed by atoms with Crippen LogP contribution in [0.4, 0.5) is 11.4 Å². The van der Waals surface area contributed by atoms with Crippen LogP contribution in [0.25, 0.3) is 6.08 Å². The predicted octanol–water partition coefficient (Wildman–Crippen LogP) is 5.28. The second-order valence-corrected chi connectivity index (χ2v) is 10.3. The van der Waals surface area contributed by atoms with Crippen LogP contribution in [-0.2, 0) is 14.9 Å². The Hall–Kier alpha value is -3.28. The standard InChI is InChI=1S/C22H13BrIN3O6S/c23-20-11-14(10-15(13-25)22(28)26-17-3-1-2-16(24)12-17)4-9-21(20)33-34(31,32)19-7-5-18(6-8-19)27(29)30/h1-12H,(H,26,28)/b15-10+. The maximum atomic E-state index is 12.5. The van der Waals surface area contributed by atoms with Crippen LogP contribution >= 0.6 is 38.5 Å². The van der Waals surface area contributed by atoms with Crippen LogP contribution < -0.4 is 9.50 Å². The third-order valence-electron chi connectivity index (χ3n) is 4.25. The monoisotopic (exact) mass is 653 g/mol. The number of rotatable bonds is 7. The Morgan fingerprint density at radius 1 is 1.15 bits per heavy atom. The average Bonchev–Trinajstić information content (AvgIpc) is 2.79. The molecular weight excluding hydrogens is 641 g/mol. The van der Waals surface area contributed by atoms with E-state index in [0.717, 1.165) is 27.8 Å². The summed E-state index contributed by atoms with van der Waals surface area (Å²) < 4.78 is 31.3. The van der Waals surface area contributed by atoms with Crippen molar-refractivity contribution in [1.82, 2.24) is 0 Å². The van der Waals surface area contributed by atoms with Crippen molar-refractivity contribution in [2.75, 3.05) is 5.32 Å². The van der Waals surface area contributed by atoms with E-state index in [9.17, 15) is 28.6 Å². The van der Waals surface area contributed by atoms with Gasteiger partial charge < -0.3 is 9.50 Å². The lowest BCUT2D eigenvalue weighted by Gasteiger charge is -2.09. The maximum absolute atomic E-state index is 12.5. The molecule has 0 spiro atoms. The molecule has 3 aromatic rings. The molecule has 0 aliphatic carbocycles. The molecule has 3 aromatic carbocycles. The molecule has 0 aliphatic rings. The summed E-state index contributed by atoms with van der Waals surface area (Å²) in [6, 6.07) is 17.5. The van der Waals surface area contributed by atoms with Crippen LogP contribution in [0.1, 0.15) is 5.56 Å². The molecule has 9 nitrogen and oxygen atoms in total. The van der Waals surface area contributed by atoms with Crippen molar-refractivity contribution in [3.8, 4) is 11.8 Å². The summed E-state index contributed by atoms with van der Waals surface area (Å²) in [6.45, 7) is 0. The lowest BCUT2D eigenvalue weighted by molar-refractivity contribution is -0.384. The molecule has 1 N–H and O–H groups in total. The van der Waals surface area contributed by atoms with E-state index in [1.165, 1.54) is 24.3 Å². The molecule has 0 bridgehead atoms. The lowest BCUT2D eigenvalue weighted by Crippen LogP contribution is -2.13. The van der Waals surface area contributed by atoms with E-state index in [-0.39, 0.29) is 26.4 Å². The van der Waals surface area contributed by atoms with E-state index >= 15 is 0 Å². The summed E-state index contributed by atoms with van der Waals surface area (Å²) in [7, 11) is -4.26. The molecule has 0 aromatic heterocycles. The van der Waals surface area contributed by atoms with Gasteiger partial charge in [0, 0.05) is 21.4 Å². The number of nitriles is 1. The van der Waals surface area contributed by atoms with E-state index in [4.69, 9.17) is 4.18 Å². The van der Waals surface area contributed by atoms with Gasteiger partial charge in [0.1, 0.15) is 16.5 Å². The Kier molecular flexibility index (Phi) is 8.02. The first-order valence-electron chi connectivity index (χ1n) is 9.26. The highest BCUT2D eigenvalue weighted by Gasteiger charge is 2.20.